The van der Waals surface area contributed by atoms with Crippen LogP contribution in [-0.2, 0) is 0 Å². The van der Waals surface area contributed by atoms with E-state index < -0.39 is 23.7 Å². The highest BCUT2D eigenvalue weighted by atomic mass is 19.3. The molecule has 0 amide bonds. The van der Waals surface area contributed by atoms with Crippen molar-refractivity contribution in [1.82, 2.24) is 0 Å². The van der Waals surface area contributed by atoms with Crippen LogP contribution in [0, 0.1) is 17.8 Å². The Kier molecular flexibility index (Phi) is 4.46. The second-order valence-electron chi connectivity index (χ2n) is 6.42. The van der Waals surface area contributed by atoms with Crippen molar-refractivity contribution < 1.29 is 17.6 Å². The summed E-state index contributed by atoms with van der Waals surface area (Å²) in [6.07, 6.45) is 4.23. The van der Waals surface area contributed by atoms with Gasteiger partial charge in [0.05, 0.1) is 5.92 Å². The van der Waals surface area contributed by atoms with Crippen molar-refractivity contribution in [3.8, 4) is 0 Å². The molecule has 0 bridgehead atoms. The molecule has 2 aliphatic carbocycles. The Morgan fingerprint density at radius 2 is 1.42 bits per heavy atom. The first-order chi connectivity index (χ1) is 8.87. The number of alkyl halides is 4. The van der Waals surface area contributed by atoms with Gasteiger partial charge in [-0.1, -0.05) is 32.6 Å². The third kappa shape index (κ3) is 3.25. The van der Waals surface area contributed by atoms with Crippen molar-refractivity contribution in [3.63, 3.8) is 0 Å². The highest BCUT2D eigenvalue weighted by Crippen LogP contribution is 2.54. The maximum Gasteiger partial charge on any atom is 0.256 e. The highest BCUT2D eigenvalue weighted by Gasteiger charge is 2.59. The van der Waals surface area contributed by atoms with E-state index in [9.17, 15) is 17.6 Å². The van der Waals surface area contributed by atoms with E-state index >= 15 is 0 Å². The number of hydrogen-bond acceptors (Lipinski definition) is 0. The Morgan fingerprint density at radius 1 is 0.895 bits per heavy atom. The fourth-order valence-corrected chi connectivity index (χ4v) is 4.09. The molecule has 0 aliphatic heterocycles. The molecular formula is C15H24F4. The lowest BCUT2D eigenvalue weighted by atomic mass is 9.67. The van der Waals surface area contributed by atoms with E-state index in [1.54, 1.807) is 0 Å². The van der Waals surface area contributed by atoms with Crippen molar-refractivity contribution in [3.05, 3.63) is 0 Å². The maximum atomic E-state index is 13.9. The standard InChI is InChI=1S/C15H24F4/c1-2-4-11-5-7-12(8-6-11)13-14(16,17)9-3-10-15(13,18)19/h11-13H,2-10H2,1H3. The summed E-state index contributed by atoms with van der Waals surface area (Å²) in [5, 5.41) is 0. The minimum atomic E-state index is -3.18. The van der Waals surface area contributed by atoms with E-state index in [0.29, 0.717) is 18.8 Å². The van der Waals surface area contributed by atoms with Crippen molar-refractivity contribution in [2.24, 2.45) is 17.8 Å². The summed E-state index contributed by atoms with van der Waals surface area (Å²) in [6.45, 7) is 2.11. The van der Waals surface area contributed by atoms with E-state index in [1.807, 2.05) is 0 Å². The molecule has 2 saturated carbocycles. The maximum absolute atomic E-state index is 13.9. The smallest absolute Gasteiger partial charge is 0.206 e. The number of hydrogen-bond donors (Lipinski definition) is 0. The van der Waals surface area contributed by atoms with Crippen LogP contribution >= 0.6 is 0 Å². The van der Waals surface area contributed by atoms with Crippen LogP contribution in [0.5, 0.6) is 0 Å². The molecule has 2 fully saturated rings. The first-order valence-corrected chi connectivity index (χ1v) is 7.62. The van der Waals surface area contributed by atoms with Gasteiger partial charge in [-0.3, -0.25) is 0 Å². The van der Waals surface area contributed by atoms with Gasteiger partial charge < -0.3 is 0 Å². The summed E-state index contributed by atoms with van der Waals surface area (Å²) < 4.78 is 55.7. The van der Waals surface area contributed by atoms with Gasteiger partial charge in [-0.25, -0.2) is 17.6 Å². The molecule has 0 atom stereocenters. The molecule has 0 aromatic rings. The van der Waals surface area contributed by atoms with E-state index in [2.05, 4.69) is 6.92 Å². The van der Waals surface area contributed by atoms with Gasteiger partial charge in [-0.2, -0.15) is 0 Å². The van der Waals surface area contributed by atoms with Gasteiger partial charge in [-0.15, -0.1) is 0 Å². The number of halogens is 4. The zero-order valence-electron chi connectivity index (χ0n) is 11.6. The summed E-state index contributed by atoms with van der Waals surface area (Å²) in [5.41, 5.74) is 0. The summed E-state index contributed by atoms with van der Waals surface area (Å²) in [6, 6.07) is 0. The molecule has 0 heterocycles. The summed E-state index contributed by atoms with van der Waals surface area (Å²) in [4.78, 5) is 0. The molecule has 0 spiro atoms. The Hall–Kier alpha value is -0.280. The SMILES string of the molecule is CCCC1CCC(C2C(F)(F)CCCC2(F)F)CC1. The Balaban J connectivity index is 2.03. The lowest BCUT2D eigenvalue weighted by Gasteiger charge is -2.44. The molecule has 0 aromatic heterocycles. The van der Waals surface area contributed by atoms with Crippen LogP contribution in [0.3, 0.4) is 0 Å². The fraction of sp³-hybridized carbons (Fsp3) is 1.00. The van der Waals surface area contributed by atoms with Crippen molar-refractivity contribution in [2.75, 3.05) is 0 Å². The summed E-state index contributed by atoms with van der Waals surface area (Å²) in [5.74, 6) is -7.99. The predicted molar refractivity (Wildman–Crippen MR) is 67.6 cm³/mol. The van der Waals surface area contributed by atoms with Crippen molar-refractivity contribution in [2.45, 2.75) is 76.6 Å². The van der Waals surface area contributed by atoms with E-state index in [4.69, 9.17) is 0 Å². The predicted octanol–water partition coefficient (Wildman–Crippen LogP) is 5.66. The lowest BCUT2D eigenvalue weighted by molar-refractivity contribution is -0.225. The largest absolute Gasteiger partial charge is 0.256 e. The van der Waals surface area contributed by atoms with Crippen LogP contribution in [0.15, 0.2) is 0 Å². The minimum absolute atomic E-state index is 0.0539. The average molecular weight is 280 g/mol. The Morgan fingerprint density at radius 3 is 1.89 bits per heavy atom. The van der Waals surface area contributed by atoms with Crippen LogP contribution in [-0.4, -0.2) is 11.8 Å². The van der Waals surface area contributed by atoms with Gasteiger partial charge in [0.15, 0.2) is 0 Å². The molecule has 0 aromatic carbocycles. The second kappa shape index (κ2) is 5.61. The molecule has 2 rings (SSSR count). The van der Waals surface area contributed by atoms with Crippen LogP contribution in [0.4, 0.5) is 17.6 Å². The van der Waals surface area contributed by atoms with Crippen LogP contribution in [0.1, 0.15) is 64.7 Å². The molecule has 0 nitrogen and oxygen atoms in total. The zero-order chi connectivity index (χ0) is 14.1. The average Bonchev–Trinajstić information content (AvgIpc) is 2.29. The van der Waals surface area contributed by atoms with Gasteiger partial charge >= 0.3 is 0 Å². The van der Waals surface area contributed by atoms with E-state index in [1.165, 1.54) is 0 Å². The molecule has 19 heavy (non-hydrogen) atoms. The minimum Gasteiger partial charge on any atom is -0.206 e. The van der Waals surface area contributed by atoms with Crippen LogP contribution in [0.25, 0.3) is 0 Å². The van der Waals surface area contributed by atoms with Gasteiger partial charge in [-0.05, 0) is 31.1 Å². The first-order valence-electron chi connectivity index (χ1n) is 7.62. The van der Waals surface area contributed by atoms with Gasteiger partial charge in [0, 0.05) is 12.8 Å². The number of rotatable bonds is 3. The van der Waals surface area contributed by atoms with Gasteiger partial charge in [0.2, 0.25) is 0 Å². The van der Waals surface area contributed by atoms with E-state index in [0.717, 1.165) is 25.7 Å². The quantitative estimate of drug-likeness (QED) is 0.585. The van der Waals surface area contributed by atoms with E-state index in [-0.39, 0.29) is 19.3 Å². The Bertz CT molecular complexity index is 277. The van der Waals surface area contributed by atoms with Gasteiger partial charge in [0.25, 0.3) is 11.8 Å². The molecule has 0 radical (unpaired) electrons. The van der Waals surface area contributed by atoms with Crippen molar-refractivity contribution in [1.29, 1.82) is 0 Å². The monoisotopic (exact) mass is 280 g/mol. The lowest BCUT2D eigenvalue weighted by Crippen LogP contribution is -2.50. The molecule has 4 heteroatoms. The summed E-state index contributed by atoms with van der Waals surface area (Å²) in [7, 11) is 0. The molecular weight excluding hydrogens is 256 g/mol. The topological polar surface area (TPSA) is 0 Å². The van der Waals surface area contributed by atoms with Crippen molar-refractivity contribution >= 4 is 0 Å². The van der Waals surface area contributed by atoms with Gasteiger partial charge in [0.1, 0.15) is 0 Å². The molecule has 112 valence electrons. The third-order valence-corrected chi connectivity index (χ3v) is 4.99. The third-order valence-electron chi connectivity index (χ3n) is 4.99. The van der Waals surface area contributed by atoms with Crippen LogP contribution in [0.2, 0.25) is 0 Å². The highest BCUT2D eigenvalue weighted by molar-refractivity contribution is 4.97. The second-order valence-corrected chi connectivity index (χ2v) is 6.42. The molecule has 0 saturated heterocycles. The first kappa shape index (κ1) is 15.1. The molecule has 2 aliphatic rings. The zero-order valence-corrected chi connectivity index (χ0v) is 11.6. The normalized spacial score (nSPS) is 35.2. The Labute approximate surface area is 112 Å². The summed E-state index contributed by atoms with van der Waals surface area (Å²) >= 11 is 0. The molecule has 0 N–H and O–H groups in total. The molecule has 0 unspecified atom stereocenters. The fourth-order valence-electron chi connectivity index (χ4n) is 4.09. The van der Waals surface area contributed by atoms with Crippen LogP contribution < -0.4 is 0 Å².